The molecule has 0 aliphatic heterocycles. The fourth-order valence-electron chi connectivity index (χ4n) is 3.78. The van der Waals surface area contributed by atoms with Crippen LogP contribution in [0.5, 0.6) is 5.75 Å². The van der Waals surface area contributed by atoms with Gasteiger partial charge in [-0.1, -0.05) is 48.5 Å². The molecule has 0 unspecified atom stereocenters. The molecule has 33 heavy (non-hydrogen) atoms. The van der Waals surface area contributed by atoms with Gasteiger partial charge in [0.15, 0.2) is 6.61 Å². The van der Waals surface area contributed by atoms with Gasteiger partial charge in [0.2, 0.25) is 0 Å². The van der Waals surface area contributed by atoms with Crippen LogP contribution in [0.1, 0.15) is 27.4 Å². The predicted molar refractivity (Wildman–Crippen MR) is 114 cm³/mol. The molecule has 6 nitrogen and oxygen atoms in total. The Bertz CT molecular complexity index is 1160. The average molecular weight is 457 g/mol. The van der Waals surface area contributed by atoms with Crippen molar-refractivity contribution in [2.75, 3.05) is 18.5 Å². The Morgan fingerprint density at radius 2 is 1.55 bits per heavy atom. The van der Waals surface area contributed by atoms with Crippen molar-refractivity contribution in [2.24, 2.45) is 0 Å². The lowest BCUT2D eigenvalue weighted by molar-refractivity contribution is -0.153. The summed E-state index contributed by atoms with van der Waals surface area (Å²) >= 11 is 0. The van der Waals surface area contributed by atoms with Gasteiger partial charge in [0.05, 0.1) is 11.3 Å². The topological polar surface area (TPSA) is 84.9 Å². The molecule has 4 rings (SSSR count). The van der Waals surface area contributed by atoms with E-state index in [2.05, 4.69) is 5.32 Å². The van der Waals surface area contributed by atoms with Gasteiger partial charge in [-0.15, -0.1) is 0 Å². The number of hydrogen-bond donors (Lipinski definition) is 2. The van der Waals surface area contributed by atoms with Crippen LogP contribution in [-0.2, 0) is 4.74 Å². The Balaban J connectivity index is 1.49. The summed E-state index contributed by atoms with van der Waals surface area (Å²) in [5.41, 5.74) is 3.69. The third kappa shape index (κ3) is 4.92. The lowest BCUT2D eigenvalue weighted by atomic mass is 9.98. The highest BCUT2D eigenvalue weighted by Crippen LogP contribution is 2.44. The normalized spacial score (nSPS) is 12.6. The van der Waals surface area contributed by atoms with E-state index in [4.69, 9.17) is 14.6 Å². The zero-order valence-corrected chi connectivity index (χ0v) is 17.1. The number of ether oxygens (including phenoxy) is 2. The number of fused-ring (bicyclic) bond motifs is 3. The molecule has 0 atom stereocenters. The van der Waals surface area contributed by atoms with E-state index >= 15 is 0 Å². The van der Waals surface area contributed by atoms with Gasteiger partial charge in [-0.05, 0) is 40.5 Å². The van der Waals surface area contributed by atoms with Crippen molar-refractivity contribution in [3.63, 3.8) is 0 Å². The number of anilines is 1. The quantitative estimate of drug-likeness (QED) is 0.497. The van der Waals surface area contributed by atoms with Gasteiger partial charge in [-0.2, -0.15) is 13.2 Å². The number of aromatic carboxylic acids is 1. The summed E-state index contributed by atoms with van der Waals surface area (Å²) in [5, 5.41) is 11.4. The molecule has 0 bridgehead atoms. The van der Waals surface area contributed by atoms with E-state index in [1.54, 1.807) is 0 Å². The smallest absolute Gasteiger partial charge is 0.422 e. The second kappa shape index (κ2) is 8.85. The lowest BCUT2D eigenvalue weighted by Gasteiger charge is -2.16. The molecule has 0 heterocycles. The van der Waals surface area contributed by atoms with Crippen molar-refractivity contribution < 1.29 is 37.3 Å². The van der Waals surface area contributed by atoms with Crippen molar-refractivity contribution >= 4 is 17.7 Å². The Labute approximate surface area is 186 Å². The van der Waals surface area contributed by atoms with Gasteiger partial charge in [0.1, 0.15) is 12.4 Å². The summed E-state index contributed by atoms with van der Waals surface area (Å²) in [4.78, 5) is 23.6. The molecule has 0 saturated heterocycles. The van der Waals surface area contributed by atoms with Crippen LogP contribution in [0.25, 0.3) is 11.1 Å². The molecule has 3 aromatic rings. The first-order valence-corrected chi connectivity index (χ1v) is 9.92. The van der Waals surface area contributed by atoms with Crippen molar-refractivity contribution in [3.05, 3.63) is 83.4 Å². The molecule has 1 aliphatic carbocycles. The van der Waals surface area contributed by atoms with Crippen LogP contribution in [-0.4, -0.2) is 36.6 Å². The molecule has 2 N–H and O–H groups in total. The van der Waals surface area contributed by atoms with Crippen LogP contribution in [0.2, 0.25) is 0 Å². The van der Waals surface area contributed by atoms with E-state index in [0.29, 0.717) is 0 Å². The van der Waals surface area contributed by atoms with Gasteiger partial charge >= 0.3 is 18.2 Å². The first-order chi connectivity index (χ1) is 15.7. The zero-order valence-electron chi connectivity index (χ0n) is 17.1. The van der Waals surface area contributed by atoms with Gasteiger partial charge in [-0.3, -0.25) is 5.32 Å². The third-order valence-corrected chi connectivity index (χ3v) is 5.20. The maximum Gasteiger partial charge on any atom is 0.422 e. The van der Waals surface area contributed by atoms with E-state index in [9.17, 15) is 22.8 Å². The molecule has 1 aliphatic rings. The first-order valence-electron chi connectivity index (χ1n) is 9.92. The number of halogens is 3. The number of alkyl halides is 3. The molecular formula is C24H18F3NO5. The standard InChI is InChI=1S/C24H18F3NO5/c25-24(26,27)13-33-21-11-14(22(29)30)9-10-20(21)28-23(31)32-12-19-17-7-3-1-5-15(17)16-6-2-4-8-18(16)19/h1-11,19H,12-13H2,(H,28,31)(H,29,30). The lowest BCUT2D eigenvalue weighted by Crippen LogP contribution is -2.21. The number of rotatable bonds is 6. The zero-order chi connectivity index (χ0) is 23.6. The number of carboxylic acid groups (broad SMARTS) is 1. The Hall–Kier alpha value is -4.01. The largest absolute Gasteiger partial charge is 0.482 e. The Morgan fingerprint density at radius 1 is 0.939 bits per heavy atom. The summed E-state index contributed by atoms with van der Waals surface area (Å²) in [6.07, 6.45) is -5.54. The van der Waals surface area contributed by atoms with Crippen LogP contribution in [0.15, 0.2) is 66.7 Å². The summed E-state index contributed by atoms with van der Waals surface area (Å²) in [7, 11) is 0. The van der Waals surface area contributed by atoms with Gasteiger partial charge in [0, 0.05) is 5.92 Å². The number of hydrogen-bond acceptors (Lipinski definition) is 4. The van der Waals surface area contributed by atoms with Crippen LogP contribution in [0.4, 0.5) is 23.7 Å². The number of amides is 1. The van der Waals surface area contributed by atoms with Crippen molar-refractivity contribution in [3.8, 4) is 16.9 Å². The van der Waals surface area contributed by atoms with Gasteiger partial charge in [0.25, 0.3) is 0 Å². The summed E-state index contributed by atoms with van der Waals surface area (Å²) < 4.78 is 47.8. The highest BCUT2D eigenvalue weighted by atomic mass is 19.4. The minimum atomic E-state index is -4.64. The summed E-state index contributed by atoms with van der Waals surface area (Å²) in [6, 6.07) is 18.7. The van der Waals surface area contributed by atoms with Gasteiger partial charge in [-0.25, -0.2) is 9.59 Å². The van der Waals surface area contributed by atoms with Crippen LogP contribution >= 0.6 is 0 Å². The van der Waals surface area contributed by atoms with Crippen LogP contribution < -0.4 is 10.1 Å². The molecule has 9 heteroatoms. The highest BCUT2D eigenvalue weighted by molar-refractivity contribution is 5.92. The van der Waals surface area contributed by atoms with Gasteiger partial charge < -0.3 is 14.6 Å². The molecule has 0 radical (unpaired) electrons. The number of benzene rings is 3. The van der Waals surface area contributed by atoms with E-state index in [-0.39, 0.29) is 23.8 Å². The second-order valence-electron chi connectivity index (χ2n) is 7.37. The molecule has 0 fully saturated rings. The molecule has 170 valence electrons. The molecule has 0 spiro atoms. The van der Waals surface area contributed by atoms with Crippen LogP contribution in [0.3, 0.4) is 0 Å². The molecule has 3 aromatic carbocycles. The maximum absolute atomic E-state index is 12.6. The SMILES string of the molecule is O=C(Nc1ccc(C(=O)O)cc1OCC(F)(F)F)OCC1c2ccccc2-c2ccccc21. The van der Waals surface area contributed by atoms with Crippen molar-refractivity contribution in [1.29, 1.82) is 0 Å². The number of nitrogens with one attached hydrogen (secondary N) is 1. The fraction of sp³-hybridized carbons (Fsp3) is 0.167. The molecule has 1 amide bonds. The number of carbonyl (C=O) groups is 2. The van der Waals surface area contributed by atoms with Crippen LogP contribution in [0, 0.1) is 0 Å². The van der Waals surface area contributed by atoms with E-state index in [0.717, 1.165) is 40.5 Å². The third-order valence-electron chi connectivity index (χ3n) is 5.20. The molecule has 0 saturated carbocycles. The monoisotopic (exact) mass is 457 g/mol. The van der Waals surface area contributed by atoms with Crippen molar-refractivity contribution in [1.82, 2.24) is 0 Å². The number of carbonyl (C=O) groups excluding carboxylic acids is 1. The van der Waals surface area contributed by atoms with Crippen molar-refractivity contribution in [2.45, 2.75) is 12.1 Å². The minimum absolute atomic E-state index is 0.00576. The van der Waals surface area contributed by atoms with E-state index < -0.39 is 30.6 Å². The predicted octanol–water partition coefficient (Wildman–Crippen LogP) is 5.69. The summed E-state index contributed by atoms with van der Waals surface area (Å²) in [5.74, 6) is -1.97. The highest BCUT2D eigenvalue weighted by Gasteiger charge is 2.30. The fourth-order valence-corrected chi connectivity index (χ4v) is 3.78. The number of carboxylic acids is 1. The molecule has 0 aromatic heterocycles. The average Bonchev–Trinajstić information content (AvgIpc) is 3.10. The summed E-state index contributed by atoms with van der Waals surface area (Å²) in [6.45, 7) is -1.64. The Morgan fingerprint density at radius 3 is 2.12 bits per heavy atom. The minimum Gasteiger partial charge on any atom is -0.482 e. The first kappa shape index (κ1) is 22.2. The van der Waals surface area contributed by atoms with E-state index in [1.165, 1.54) is 0 Å². The second-order valence-corrected chi connectivity index (χ2v) is 7.37. The molecular weight excluding hydrogens is 439 g/mol. The Kier molecular flexibility index (Phi) is 5.95. The van der Waals surface area contributed by atoms with E-state index in [1.807, 2.05) is 48.5 Å². The maximum atomic E-state index is 12.6.